The lowest BCUT2D eigenvalue weighted by Gasteiger charge is -2.23. The van der Waals surface area contributed by atoms with E-state index in [1.807, 2.05) is 49.4 Å². The van der Waals surface area contributed by atoms with Gasteiger partial charge in [0.15, 0.2) is 11.5 Å². The minimum atomic E-state index is -0.377. The molecule has 24 heavy (non-hydrogen) atoms. The standard InChI is InChI=1S/C18H20N2O3.ClH/c1-12(16(19)13-6-3-2-4-7-13)18(21)20-14-8-5-9-15-17(14)23-11-10-22-15;/h2-9,12,16H,10-11,19H2,1H3,(H,20,21);1H. The summed E-state index contributed by atoms with van der Waals surface area (Å²) >= 11 is 0. The molecule has 5 nitrogen and oxygen atoms in total. The highest BCUT2D eigenvalue weighted by Crippen LogP contribution is 2.37. The van der Waals surface area contributed by atoms with Gasteiger partial charge in [-0.05, 0) is 17.7 Å². The molecule has 0 fully saturated rings. The Morgan fingerprint density at radius 3 is 2.54 bits per heavy atom. The number of benzene rings is 2. The van der Waals surface area contributed by atoms with Gasteiger partial charge in [0, 0.05) is 6.04 Å². The van der Waals surface area contributed by atoms with Crippen molar-refractivity contribution in [3.8, 4) is 11.5 Å². The van der Waals surface area contributed by atoms with Crippen LogP contribution in [0.1, 0.15) is 18.5 Å². The lowest BCUT2D eigenvalue weighted by Crippen LogP contribution is -2.30. The highest BCUT2D eigenvalue weighted by Gasteiger charge is 2.24. The molecule has 2 atom stereocenters. The van der Waals surface area contributed by atoms with E-state index in [9.17, 15) is 4.79 Å². The maximum Gasteiger partial charge on any atom is 0.229 e. The number of ether oxygens (including phenoxy) is 2. The van der Waals surface area contributed by atoms with Gasteiger partial charge in [-0.1, -0.05) is 43.3 Å². The molecule has 1 amide bonds. The molecule has 128 valence electrons. The lowest BCUT2D eigenvalue weighted by molar-refractivity contribution is -0.120. The van der Waals surface area contributed by atoms with Crippen LogP contribution in [-0.4, -0.2) is 19.1 Å². The molecule has 1 aliphatic heterocycles. The van der Waals surface area contributed by atoms with E-state index < -0.39 is 0 Å². The first-order chi connectivity index (χ1) is 11.2. The Labute approximate surface area is 147 Å². The van der Waals surface area contributed by atoms with Gasteiger partial charge < -0.3 is 20.5 Å². The number of carbonyl (C=O) groups excluding carboxylic acids is 1. The fourth-order valence-corrected chi connectivity index (χ4v) is 2.55. The lowest BCUT2D eigenvalue weighted by atomic mass is 9.94. The topological polar surface area (TPSA) is 73.6 Å². The smallest absolute Gasteiger partial charge is 0.229 e. The molecule has 0 spiro atoms. The average Bonchev–Trinajstić information content (AvgIpc) is 2.61. The second-order valence-corrected chi connectivity index (χ2v) is 5.54. The minimum Gasteiger partial charge on any atom is -0.486 e. The number of rotatable bonds is 4. The van der Waals surface area contributed by atoms with Gasteiger partial charge in [-0.15, -0.1) is 12.4 Å². The third-order valence-electron chi connectivity index (χ3n) is 3.96. The number of carbonyl (C=O) groups is 1. The number of hydrogen-bond acceptors (Lipinski definition) is 4. The number of nitrogens with one attached hydrogen (secondary N) is 1. The van der Waals surface area contributed by atoms with Crippen LogP contribution < -0.4 is 20.5 Å². The molecule has 1 heterocycles. The molecule has 2 aromatic rings. The maximum atomic E-state index is 12.5. The minimum absolute atomic E-state index is 0. The summed E-state index contributed by atoms with van der Waals surface area (Å²) in [6.45, 7) is 2.80. The van der Waals surface area contributed by atoms with Gasteiger partial charge in [-0.2, -0.15) is 0 Å². The first kappa shape index (κ1) is 18.1. The fraction of sp³-hybridized carbons (Fsp3) is 0.278. The molecule has 0 aromatic heterocycles. The van der Waals surface area contributed by atoms with E-state index in [1.165, 1.54) is 0 Å². The molecule has 1 aliphatic rings. The van der Waals surface area contributed by atoms with Crippen LogP contribution in [0.4, 0.5) is 5.69 Å². The first-order valence-electron chi connectivity index (χ1n) is 7.67. The summed E-state index contributed by atoms with van der Waals surface area (Å²) in [7, 11) is 0. The van der Waals surface area contributed by atoms with E-state index in [2.05, 4.69) is 5.32 Å². The van der Waals surface area contributed by atoms with Crippen molar-refractivity contribution in [2.75, 3.05) is 18.5 Å². The molecule has 0 saturated heterocycles. The van der Waals surface area contributed by atoms with Gasteiger partial charge in [-0.3, -0.25) is 4.79 Å². The van der Waals surface area contributed by atoms with Crippen molar-refractivity contribution in [3.63, 3.8) is 0 Å². The van der Waals surface area contributed by atoms with E-state index in [4.69, 9.17) is 15.2 Å². The molecule has 2 unspecified atom stereocenters. The molecule has 6 heteroatoms. The number of halogens is 1. The van der Waals surface area contributed by atoms with E-state index in [-0.39, 0.29) is 30.3 Å². The normalized spacial score (nSPS) is 14.9. The van der Waals surface area contributed by atoms with Gasteiger partial charge in [0.25, 0.3) is 0 Å². The monoisotopic (exact) mass is 348 g/mol. The summed E-state index contributed by atoms with van der Waals surface area (Å²) in [4.78, 5) is 12.5. The van der Waals surface area contributed by atoms with Crippen molar-refractivity contribution in [2.24, 2.45) is 11.7 Å². The SMILES string of the molecule is CC(C(=O)Nc1cccc2c1OCCO2)C(N)c1ccccc1.Cl. The number of hydrogen-bond donors (Lipinski definition) is 2. The Bertz CT molecular complexity index is 694. The van der Waals surface area contributed by atoms with Crippen molar-refractivity contribution < 1.29 is 14.3 Å². The molecule has 2 aromatic carbocycles. The maximum absolute atomic E-state index is 12.5. The van der Waals surface area contributed by atoms with Crippen molar-refractivity contribution in [3.05, 3.63) is 54.1 Å². The molecule has 3 rings (SSSR count). The molecule has 3 N–H and O–H groups in total. The van der Waals surface area contributed by atoms with Crippen LogP contribution in [0.5, 0.6) is 11.5 Å². The largest absolute Gasteiger partial charge is 0.486 e. The highest BCUT2D eigenvalue weighted by atomic mass is 35.5. The quantitative estimate of drug-likeness (QED) is 0.890. The summed E-state index contributed by atoms with van der Waals surface area (Å²) in [6.07, 6.45) is 0. The second kappa shape index (κ2) is 8.04. The zero-order chi connectivity index (χ0) is 16.2. The summed E-state index contributed by atoms with van der Waals surface area (Å²) in [6, 6.07) is 14.7. The molecule has 0 bridgehead atoms. The number of anilines is 1. The Morgan fingerprint density at radius 2 is 1.79 bits per heavy atom. The first-order valence-corrected chi connectivity index (χ1v) is 7.67. The van der Waals surface area contributed by atoms with E-state index in [0.717, 1.165) is 5.56 Å². The Morgan fingerprint density at radius 1 is 1.08 bits per heavy atom. The summed E-state index contributed by atoms with van der Waals surface area (Å²) in [5.74, 6) is 0.698. The van der Waals surface area contributed by atoms with Crippen LogP contribution in [0.15, 0.2) is 48.5 Å². The van der Waals surface area contributed by atoms with Gasteiger partial charge in [-0.25, -0.2) is 0 Å². The van der Waals surface area contributed by atoms with Crippen LogP contribution in [0.25, 0.3) is 0 Å². The van der Waals surface area contributed by atoms with Crippen molar-refractivity contribution in [1.29, 1.82) is 0 Å². The van der Waals surface area contributed by atoms with Crippen LogP contribution >= 0.6 is 12.4 Å². The molecular weight excluding hydrogens is 328 g/mol. The van der Waals surface area contributed by atoms with Crippen molar-refractivity contribution >= 4 is 24.0 Å². The predicted octanol–water partition coefficient (Wildman–Crippen LogP) is 3.15. The Kier molecular flexibility index (Phi) is 6.06. The number of fused-ring (bicyclic) bond motifs is 1. The predicted molar refractivity (Wildman–Crippen MR) is 95.8 cm³/mol. The highest BCUT2D eigenvalue weighted by molar-refractivity contribution is 5.94. The van der Waals surface area contributed by atoms with Gasteiger partial charge >= 0.3 is 0 Å². The van der Waals surface area contributed by atoms with Crippen LogP contribution in [-0.2, 0) is 4.79 Å². The molecule has 0 radical (unpaired) electrons. The number of para-hydroxylation sites is 1. The second-order valence-electron chi connectivity index (χ2n) is 5.54. The zero-order valence-corrected chi connectivity index (χ0v) is 14.2. The number of amides is 1. The van der Waals surface area contributed by atoms with Crippen molar-refractivity contribution in [1.82, 2.24) is 0 Å². The Hall–Kier alpha value is -2.24. The average molecular weight is 349 g/mol. The summed E-state index contributed by atoms with van der Waals surface area (Å²) < 4.78 is 11.1. The molecule has 0 saturated carbocycles. The third kappa shape index (κ3) is 3.80. The summed E-state index contributed by atoms with van der Waals surface area (Å²) in [5.41, 5.74) is 7.76. The van der Waals surface area contributed by atoms with Gasteiger partial charge in [0.05, 0.1) is 11.6 Å². The summed E-state index contributed by atoms with van der Waals surface area (Å²) in [5, 5.41) is 2.90. The zero-order valence-electron chi connectivity index (χ0n) is 13.4. The fourth-order valence-electron chi connectivity index (χ4n) is 2.55. The number of nitrogens with two attached hydrogens (primary N) is 1. The molecular formula is C18H21ClN2O3. The molecule has 0 aliphatic carbocycles. The van der Waals surface area contributed by atoms with Crippen LogP contribution in [0.2, 0.25) is 0 Å². The van der Waals surface area contributed by atoms with Gasteiger partial charge in [0.1, 0.15) is 13.2 Å². The van der Waals surface area contributed by atoms with Gasteiger partial charge in [0.2, 0.25) is 5.91 Å². The van der Waals surface area contributed by atoms with E-state index >= 15 is 0 Å². The van der Waals surface area contributed by atoms with Crippen LogP contribution in [0, 0.1) is 5.92 Å². The van der Waals surface area contributed by atoms with E-state index in [0.29, 0.717) is 30.4 Å². The van der Waals surface area contributed by atoms with Crippen molar-refractivity contribution in [2.45, 2.75) is 13.0 Å². The van der Waals surface area contributed by atoms with E-state index in [1.54, 1.807) is 6.07 Å². The third-order valence-corrected chi connectivity index (χ3v) is 3.96. The Balaban J connectivity index is 0.00000208. The van der Waals surface area contributed by atoms with Crippen LogP contribution in [0.3, 0.4) is 0 Å².